The Bertz CT molecular complexity index is 659. The second-order valence-corrected chi connectivity index (χ2v) is 6.78. The predicted octanol–water partition coefficient (Wildman–Crippen LogP) is 3.83. The number of aryl methyl sites for hydroxylation is 2. The minimum atomic E-state index is 0.107. The molecule has 0 fully saturated rings. The maximum absolute atomic E-state index is 13.1. The summed E-state index contributed by atoms with van der Waals surface area (Å²) in [6.45, 7) is 7.10. The van der Waals surface area contributed by atoms with Gasteiger partial charge in [0.05, 0.1) is 6.42 Å². The molecule has 2 aromatic carbocycles. The highest BCUT2D eigenvalue weighted by atomic mass is 16.2. The van der Waals surface area contributed by atoms with Crippen LogP contribution in [0, 0.1) is 13.8 Å². The molecule has 0 bridgehead atoms. The first-order valence-corrected chi connectivity index (χ1v) is 8.47. The van der Waals surface area contributed by atoms with Gasteiger partial charge < -0.3 is 9.80 Å². The van der Waals surface area contributed by atoms with Crippen LogP contribution in [0.1, 0.15) is 23.6 Å². The zero-order chi connectivity index (χ0) is 17.7. The van der Waals surface area contributed by atoms with E-state index in [1.54, 1.807) is 0 Å². The maximum atomic E-state index is 13.1. The van der Waals surface area contributed by atoms with Gasteiger partial charge in [-0.1, -0.05) is 48.5 Å². The first-order valence-electron chi connectivity index (χ1n) is 8.47. The first-order chi connectivity index (χ1) is 11.4. The molecule has 3 heteroatoms. The highest BCUT2D eigenvalue weighted by Crippen LogP contribution is 2.27. The summed E-state index contributed by atoms with van der Waals surface area (Å²) in [5.41, 5.74) is 4.38. The van der Waals surface area contributed by atoms with Crippen LogP contribution >= 0.6 is 0 Å². The van der Waals surface area contributed by atoms with Gasteiger partial charge in [-0.05, 0) is 51.6 Å². The molecule has 1 amide bonds. The van der Waals surface area contributed by atoms with Gasteiger partial charge >= 0.3 is 0 Å². The van der Waals surface area contributed by atoms with E-state index in [-0.39, 0.29) is 11.9 Å². The second-order valence-electron chi connectivity index (χ2n) is 6.78. The van der Waals surface area contributed by atoms with Crippen molar-refractivity contribution in [3.05, 3.63) is 65.2 Å². The van der Waals surface area contributed by atoms with Crippen LogP contribution in [0.3, 0.4) is 0 Å². The average Bonchev–Trinajstić information content (AvgIpc) is 2.51. The third kappa shape index (κ3) is 4.45. The number of likely N-dealkylation sites (N-methyl/N-ethyl adjacent to an activating group) is 1. The van der Waals surface area contributed by atoms with Gasteiger partial charge in [-0.2, -0.15) is 0 Å². The Morgan fingerprint density at radius 1 is 0.958 bits per heavy atom. The summed E-state index contributed by atoms with van der Waals surface area (Å²) in [7, 11) is 4.09. The van der Waals surface area contributed by atoms with Crippen LogP contribution in [0.15, 0.2) is 48.5 Å². The summed E-state index contributed by atoms with van der Waals surface area (Å²) in [6.07, 6.45) is 0.423. The van der Waals surface area contributed by atoms with Gasteiger partial charge in [-0.25, -0.2) is 0 Å². The van der Waals surface area contributed by atoms with Crippen molar-refractivity contribution in [1.82, 2.24) is 4.90 Å². The van der Waals surface area contributed by atoms with Crippen LogP contribution in [0.2, 0.25) is 0 Å². The van der Waals surface area contributed by atoms with E-state index in [1.165, 1.54) is 0 Å². The average molecular weight is 324 g/mol. The molecule has 1 unspecified atom stereocenters. The van der Waals surface area contributed by atoms with Crippen LogP contribution < -0.4 is 4.90 Å². The minimum Gasteiger partial charge on any atom is -0.308 e. The van der Waals surface area contributed by atoms with Crippen LogP contribution in [0.25, 0.3) is 0 Å². The smallest absolute Gasteiger partial charge is 0.231 e. The van der Waals surface area contributed by atoms with Gasteiger partial charge in [0.25, 0.3) is 0 Å². The largest absolute Gasteiger partial charge is 0.308 e. The van der Waals surface area contributed by atoms with Gasteiger partial charge in [0, 0.05) is 18.3 Å². The number of hydrogen-bond acceptors (Lipinski definition) is 2. The Balaban J connectivity index is 2.37. The van der Waals surface area contributed by atoms with Crippen molar-refractivity contribution in [3.8, 4) is 0 Å². The third-order valence-corrected chi connectivity index (χ3v) is 4.22. The molecule has 0 aliphatic carbocycles. The van der Waals surface area contributed by atoms with E-state index >= 15 is 0 Å². The molecule has 2 aromatic rings. The Morgan fingerprint density at radius 3 is 2.08 bits per heavy atom. The van der Waals surface area contributed by atoms with Crippen molar-refractivity contribution in [2.24, 2.45) is 0 Å². The molecule has 0 N–H and O–H groups in total. The van der Waals surface area contributed by atoms with E-state index in [4.69, 9.17) is 0 Å². The molecule has 0 aliphatic rings. The molecule has 1 atom stereocenters. The number of carbonyl (C=O) groups is 1. The fourth-order valence-electron chi connectivity index (χ4n) is 3.24. The Morgan fingerprint density at radius 2 is 1.54 bits per heavy atom. The summed E-state index contributed by atoms with van der Waals surface area (Å²) in [6, 6.07) is 16.3. The van der Waals surface area contributed by atoms with Gasteiger partial charge in [-0.3, -0.25) is 4.79 Å². The lowest BCUT2D eigenvalue weighted by molar-refractivity contribution is -0.118. The van der Waals surface area contributed by atoms with Crippen molar-refractivity contribution >= 4 is 11.6 Å². The van der Waals surface area contributed by atoms with Gasteiger partial charge in [0.2, 0.25) is 5.91 Å². The standard InChI is InChI=1S/C21H28N2O/c1-16-10-9-11-17(2)21(16)23(18(3)15-22(4)5)20(24)14-19-12-7-6-8-13-19/h6-13,18H,14-15H2,1-5H3. The van der Waals surface area contributed by atoms with Gasteiger partial charge in [0.1, 0.15) is 0 Å². The van der Waals surface area contributed by atoms with Gasteiger partial charge in [-0.15, -0.1) is 0 Å². The topological polar surface area (TPSA) is 23.6 Å². The number of anilines is 1. The molecule has 0 aliphatic heterocycles. The maximum Gasteiger partial charge on any atom is 0.231 e. The zero-order valence-corrected chi connectivity index (χ0v) is 15.4. The minimum absolute atomic E-state index is 0.107. The summed E-state index contributed by atoms with van der Waals surface area (Å²) in [5, 5.41) is 0. The lowest BCUT2D eigenvalue weighted by Crippen LogP contribution is -2.45. The molecule has 128 valence electrons. The summed E-state index contributed by atoms with van der Waals surface area (Å²) < 4.78 is 0. The van der Waals surface area contributed by atoms with Crippen molar-refractivity contribution in [3.63, 3.8) is 0 Å². The van der Waals surface area contributed by atoms with Crippen LogP contribution in [-0.2, 0) is 11.2 Å². The molecule has 24 heavy (non-hydrogen) atoms. The molecule has 3 nitrogen and oxygen atoms in total. The van der Waals surface area contributed by atoms with Crippen molar-refractivity contribution < 1.29 is 4.79 Å². The van der Waals surface area contributed by atoms with Crippen LogP contribution in [-0.4, -0.2) is 37.5 Å². The van der Waals surface area contributed by atoms with E-state index < -0.39 is 0 Å². The summed E-state index contributed by atoms with van der Waals surface area (Å²) >= 11 is 0. The zero-order valence-electron chi connectivity index (χ0n) is 15.4. The van der Waals surface area contributed by atoms with E-state index in [2.05, 4.69) is 37.8 Å². The lowest BCUT2D eigenvalue weighted by Gasteiger charge is -2.33. The quantitative estimate of drug-likeness (QED) is 0.806. The van der Waals surface area contributed by atoms with Crippen molar-refractivity contribution in [2.75, 3.05) is 25.5 Å². The van der Waals surface area contributed by atoms with E-state index in [1.807, 2.05) is 55.4 Å². The fraction of sp³-hybridized carbons (Fsp3) is 0.381. The molecule has 0 aromatic heterocycles. The molecular weight excluding hydrogens is 296 g/mol. The molecule has 0 heterocycles. The summed E-state index contributed by atoms with van der Waals surface area (Å²) in [4.78, 5) is 17.3. The number of carbonyl (C=O) groups excluding carboxylic acids is 1. The number of hydrogen-bond donors (Lipinski definition) is 0. The highest BCUT2D eigenvalue weighted by Gasteiger charge is 2.25. The monoisotopic (exact) mass is 324 g/mol. The Labute approximate surface area is 145 Å². The summed E-state index contributed by atoms with van der Waals surface area (Å²) in [5.74, 6) is 0.146. The van der Waals surface area contributed by atoms with E-state index in [0.717, 1.165) is 28.9 Å². The number of benzene rings is 2. The molecule has 0 saturated carbocycles. The fourth-order valence-corrected chi connectivity index (χ4v) is 3.24. The Hall–Kier alpha value is -2.13. The van der Waals surface area contributed by atoms with Crippen molar-refractivity contribution in [1.29, 1.82) is 0 Å². The number of para-hydroxylation sites is 1. The molecular formula is C21H28N2O. The molecule has 2 rings (SSSR count). The van der Waals surface area contributed by atoms with Crippen LogP contribution in [0.4, 0.5) is 5.69 Å². The van der Waals surface area contributed by atoms with E-state index in [9.17, 15) is 4.79 Å². The van der Waals surface area contributed by atoms with E-state index in [0.29, 0.717) is 6.42 Å². The SMILES string of the molecule is Cc1cccc(C)c1N(C(=O)Cc1ccccc1)C(C)CN(C)C. The predicted molar refractivity (Wildman–Crippen MR) is 102 cm³/mol. The first kappa shape index (κ1) is 18.2. The van der Waals surface area contributed by atoms with Crippen LogP contribution in [0.5, 0.6) is 0 Å². The second kappa shape index (κ2) is 8.11. The Kier molecular flexibility index (Phi) is 6.16. The molecule has 0 spiro atoms. The molecule has 0 radical (unpaired) electrons. The normalized spacial score (nSPS) is 12.2. The number of rotatable bonds is 6. The lowest BCUT2D eigenvalue weighted by atomic mass is 10.0. The molecule has 0 saturated heterocycles. The third-order valence-electron chi connectivity index (χ3n) is 4.22. The highest BCUT2D eigenvalue weighted by molar-refractivity contribution is 5.96. The number of nitrogens with zero attached hydrogens (tertiary/aromatic N) is 2. The van der Waals surface area contributed by atoms with Crippen molar-refractivity contribution in [2.45, 2.75) is 33.2 Å². The number of amides is 1. The van der Waals surface area contributed by atoms with Gasteiger partial charge in [0.15, 0.2) is 0 Å².